The highest BCUT2D eigenvalue weighted by Crippen LogP contribution is 2.45. The molecule has 5 rings (SSSR count). The predicted molar refractivity (Wildman–Crippen MR) is 137 cm³/mol. The molecule has 5 nitrogen and oxygen atoms in total. The molecule has 2 atom stereocenters. The summed E-state index contributed by atoms with van der Waals surface area (Å²) in [6, 6.07) is 23.1. The molecule has 1 aliphatic carbocycles. The molecule has 3 aromatic carbocycles. The van der Waals surface area contributed by atoms with Crippen LogP contribution in [0.3, 0.4) is 0 Å². The van der Waals surface area contributed by atoms with Crippen LogP contribution in [0.25, 0.3) is 0 Å². The molecule has 0 saturated carbocycles. The van der Waals surface area contributed by atoms with Gasteiger partial charge in [-0.25, -0.2) is 4.39 Å². The summed E-state index contributed by atoms with van der Waals surface area (Å²) in [5, 5.41) is 6.26. The number of dihydropyridines is 1. The lowest BCUT2D eigenvalue weighted by Crippen LogP contribution is -2.37. The lowest BCUT2D eigenvalue weighted by atomic mass is 9.71. The van der Waals surface area contributed by atoms with Crippen molar-refractivity contribution in [3.63, 3.8) is 0 Å². The number of hydrogen-bond donors (Lipinski definition) is 2. The molecule has 2 unspecified atom stereocenters. The molecule has 6 heteroatoms. The van der Waals surface area contributed by atoms with Gasteiger partial charge in [0.15, 0.2) is 5.78 Å². The molecule has 0 aromatic heterocycles. The van der Waals surface area contributed by atoms with Gasteiger partial charge in [0.2, 0.25) is 0 Å². The van der Waals surface area contributed by atoms with Gasteiger partial charge in [-0.2, -0.15) is 0 Å². The van der Waals surface area contributed by atoms with E-state index in [0.29, 0.717) is 41.1 Å². The highest BCUT2D eigenvalue weighted by atomic mass is 19.1. The number of amides is 1. The van der Waals surface area contributed by atoms with Gasteiger partial charge in [-0.05, 0) is 66.8 Å². The second-order valence-corrected chi connectivity index (χ2v) is 9.16. The second-order valence-electron chi connectivity index (χ2n) is 9.16. The van der Waals surface area contributed by atoms with E-state index in [2.05, 4.69) is 22.8 Å². The largest absolute Gasteiger partial charge is 0.497 e. The maximum Gasteiger partial charge on any atom is 0.254 e. The van der Waals surface area contributed by atoms with Crippen molar-refractivity contribution in [1.29, 1.82) is 0 Å². The Morgan fingerprint density at radius 1 is 0.944 bits per heavy atom. The lowest BCUT2D eigenvalue weighted by Gasteiger charge is -2.37. The van der Waals surface area contributed by atoms with E-state index in [1.165, 1.54) is 24.3 Å². The first-order chi connectivity index (χ1) is 17.4. The fraction of sp³-hybridized carbons (Fsp3) is 0.200. The number of nitrogens with one attached hydrogen (secondary N) is 2. The van der Waals surface area contributed by atoms with E-state index in [0.717, 1.165) is 16.8 Å². The summed E-state index contributed by atoms with van der Waals surface area (Å²) in [6.45, 7) is 1.86. The zero-order chi connectivity index (χ0) is 25.2. The van der Waals surface area contributed by atoms with E-state index in [9.17, 15) is 14.0 Å². The summed E-state index contributed by atoms with van der Waals surface area (Å²) in [6.07, 6.45) is 1.06. The van der Waals surface area contributed by atoms with Crippen molar-refractivity contribution in [2.24, 2.45) is 0 Å². The van der Waals surface area contributed by atoms with Crippen molar-refractivity contribution in [1.82, 2.24) is 5.32 Å². The molecule has 3 aromatic rings. The topological polar surface area (TPSA) is 67.4 Å². The molecule has 1 amide bonds. The highest BCUT2D eigenvalue weighted by Gasteiger charge is 2.40. The average molecular weight is 483 g/mol. The molecule has 0 bridgehead atoms. The SMILES string of the molecule is COc1ccc(C2C(C(=O)Nc3ccc(F)cc3)=C(C)NC3=C2C(=O)CC(c2ccccc2)C3)cc1. The van der Waals surface area contributed by atoms with Crippen molar-refractivity contribution in [2.75, 3.05) is 12.4 Å². The monoisotopic (exact) mass is 482 g/mol. The van der Waals surface area contributed by atoms with Crippen LogP contribution < -0.4 is 15.4 Å². The highest BCUT2D eigenvalue weighted by molar-refractivity contribution is 6.10. The molecule has 2 aliphatic rings. The van der Waals surface area contributed by atoms with Crippen LogP contribution in [-0.4, -0.2) is 18.8 Å². The van der Waals surface area contributed by atoms with Crippen LogP contribution in [0.1, 0.15) is 42.7 Å². The third kappa shape index (κ3) is 4.54. The van der Waals surface area contributed by atoms with Crippen LogP contribution in [0, 0.1) is 5.82 Å². The molecule has 2 N–H and O–H groups in total. The number of rotatable bonds is 5. The van der Waals surface area contributed by atoms with Crippen LogP contribution in [0.15, 0.2) is 101 Å². The minimum Gasteiger partial charge on any atom is -0.497 e. The number of hydrogen-bond acceptors (Lipinski definition) is 4. The summed E-state index contributed by atoms with van der Waals surface area (Å²) in [5.41, 5.74) is 5.08. The number of methoxy groups -OCH3 is 1. The number of carbonyl (C=O) groups excluding carboxylic acids is 2. The molecule has 182 valence electrons. The van der Waals surface area contributed by atoms with E-state index in [4.69, 9.17) is 4.74 Å². The first-order valence-corrected chi connectivity index (χ1v) is 11.9. The maximum atomic E-state index is 13.7. The maximum absolute atomic E-state index is 13.7. The quantitative estimate of drug-likeness (QED) is 0.480. The van der Waals surface area contributed by atoms with E-state index in [-0.39, 0.29) is 23.4 Å². The molecule has 0 spiro atoms. The van der Waals surface area contributed by atoms with Crippen LogP contribution in [0.2, 0.25) is 0 Å². The van der Waals surface area contributed by atoms with Crippen molar-refractivity contribution < 1.29 is 18.7 Å². The number of benzene rings is 3. The third-order valence-electron chi connectivity index (χ3n) is 6.89. The number of ketones is 1. The molecule has 36 heavy (non-hydrogen) atoms. The Balaban J connectivity index is 1.55. The zero-order valence-electron chi connectivity index (χ0n) is 20.2. The molecular weight excluding hydrogens is 455 g/mol. The summed E-state index contributed by atoms with van der Waals surface area (Å²) in [5.74, 6) is -0.455. The average Bonchev–Trinajstić information content (AvgIpc) is 2.89. The van der Waals surface area contributed by atoms with Gasteiger partial charge in [-0.1, -0.05) is 42.5 Å². The molecule has 0 fully saturated rings. The number of halogens is 1. The van der Waals surface area contributed by atoms with Gasteiger partial charge in [-0.15, -0.1) is 0 Å². The molecule has 0 radical (unpaired) electrons. The predicted octanol–water partition coefficient (Wildman–Crippen LogP) is 5.83. The van der Waals surface area contributed by atoms with Crippen LogP contribution in [0.5, 0.6) is 5.75 Å². The normalized spacial score (nSPS) is 19.5. The fourth-order valence-corrected chi connectivity index (χ4v) is 5.16. The van der Waals surface area contributed by atoms with Crippen LogP contribution in [0.4, 0.5) is 10.1 Å². The van der Waals surface area contributed by atoms with Crippen molar-refractivity contribution in [2.45, 2.75) is 31.6 Å². The Bertz CT molecular complexity index is 1360. The number of carbonyl (C=O) groups is 2. The lowest BCUT2D eigenvalue weighted by molar-refractivity contribution is -0.116. The standard InChI is InChI=1S/C30H27FN2O3/c1-18-27(30(35)33-23-12-10-22(31)11-13-23)28(20-8-14-24(36-2)15-9-20)29-25(32-18)16-21(17-26(29)34)19-6-4-3-5-7-19/h3-15,21,28,32H,16-17H2,1-2H3,(H,33,35). The fourth-order valence-electron chi connectivity index (χ4n) is 5.16. The smallest absolute Gasteiger partial charge is 0.254 e. The van der Waals surface area contributed by atoms with E-state index >= 15 is 0 Å². The van der Waals surface area contributed by atoms with Gasteiger partial charge < -0.3 is 15.4 Å². The Morgan fingerprint density at radius 2 is 1.64 bits per heavy atom. The van der Waals surface area contributed by atoms with E-state index in [1.54, 1.807) is 7.11 Å². The molecule has 1 aliphatic heterocycles. The number of anilines is 1. The van der Waals surface area contributed by atoms with Gasteiger partial charge in [-0.3, -0.25) is 9.59 Å². The second kappa shape index (κ2) is 9.82. The Kier molecular flexibility index (Phi) is 6.42. The van der Waals surface area contributed by atoms with Crippen molar-refractivity contribution in [3.05, 3.63) is 118 Å². The first-order valence-electron chi connectivity index (χ1n) is 11.9. The van der Waals surface area contributed by atoms with Gasteiger partial charge >= 0.3 is 0 Å². The van der Waals surface area contributed by atoms with Gasteiger partial charge in [0, 0.05) is 40.6 Å². The molecule has 1 heterocycles. The molecule has 0 saturated heterocycles. The first kappa shape index (κ1) is 23.5. The summed E-state index contributed by atoms with van der Waals surface area (Å²) >= 11 is 0. The van der Waals surface area contributed by atoms with E-state index in [1.807, 2.05) is 49.4 Å². The minimum absolute atomic E-state index is 0.0259. The zero-order valence-corrected chi connectivity index (χ0v) is 20.2. The number of ether oxygens (including phenoxy) is 1. The number of allylic oxidation sites excluding steroid dienone is 3. The van der Waals surface area contributed by atoms with E-state index < -0.39 is 5.92 Å². The summed E-state index contributed by atoms with van der Waals surface area (Å²) in [7, 11) is 1.60. The van der Waals surface area contributed by atoms with Gasteiger partial charge in [0.05, 0.1) is 7.11 Å². The summed E-state index contributed by atoms with van der Waals surface area (Å²) in [4.78, 5) is 27.2. The Hall–Kier alpha value is -4.19. The van der Waals surface area contributed by atoms with Crippen LogP contribution in [-0.2, 0) is 9.59 Å². The number of Topliss-reactive ketones (excluding diaryl/α,β-unsaturated/α-hetero) is 1. The minimum atomic E-state index is -0.531. The summed E-state index contributed by atoms with van der Waals surface area (Å²) < 4.78 is 18.7. The van der Waals surface area contributed by atoms with Crippen LogP contribution >= 0.6 is 0 Å². The third-order valence-corrected chi connectivity index (χ3v) is 6.89. The van der Waals surface area contributed by atoms with Gasteiger partial charge in [0.25, 0.3) is 5.91 Å². The Labute approximate surface area is 209 Å². The Morgan fingerprint density at radius 3 is 2.31 bits per heavy atom. The molecular formula is C30H27FN2O3. The van der Waals surface area contributed by atoms with Crippen molar-refractivity contribution in [3.8, 4) is 5.75 Å². The van der Waals surface area contributed by atoms with Gasteiger partial charge in [0.1, 0.15) is 11.6 Å². The van der Waals surface area contributed by atoms with Crippen molar-refractivity contribution >= 4 is 17.4 Å².